The SMILES string of the molecule is CCn1nccc1[C@@H]1OCC[C@H]1C(=O)ON1C(=O)c2ccccc2C1=O. The summed E-state index contributed by atoms with van der Waals surface area (Å²) in [4.78, 5) is 42.6. The number of carbonyl (C=O) groups is 3. The van der Waals surface area contributed by atoms with Crippen LogP contribution < -0.4 is 0 Å². The number of carbonyl (C=O) groups excluding carboxylic acids is 3. The smallest absolute Gasteiger partial charge is 0.339 e. The molecule has 1 aromatic carbocycles. The second-order valence-corrected chi connectivity index (χ2v) is 6.12. The number of hydrogen-bond acceptors (Lipinski definition) is 6. The van der Waals surface area contributed by atoms with Crippen molar-refractivity contribution in [3.05, 3.63) is 53.3 Å². The van der Waals surface area contributed by atoms with Crippen LogP contribution in [-0.2, 0) is 20.9 Å². The van der Waals surface area contributed by atoms with Crippen LogP contribution in [0.3, 0.4) is 0 Å². The number of aromatic nitrogens is 2. The molecule has 134 valence electrons. The summed E-state index contributed by atoms with van der Waals surface area (Å²) in [7, 11) is 0. The minimum Gasteiger partial charge on any atom is -0.371 e. The number of amides is 2. The minimum atomic E-state index is -0.661. The van der Waals surface area contributed by atoms with Crippen molar-refractivity contribution in [3.8, 4) is 0 Å². The van der Waals surface area contributed by atoms with Crippen LogP contribution >= 0.6 is 0 Å². The second kappa shape index (κ2) is 6.38. The fraction of sp³-hybridized carbons (Fsp3) is 0.333. The predicted octanol–water partition coefficient (Wildman–Crippen LogP) is 1.74. The number of imide groups is 1. The summed E-state index contributed by atoms with van der Waals surface area (Å²) in [6.45, 7) is 2.97. The fourth-order valence-electron chi connectivity index (χ4n) is 3.38. The zero-order valence-corrected chi connectivity index (χ0v) is 14.1. The normalized spacial score (nSPS) is 22.0. The molecule has 8 heteroatoms. The molecule has 3 heterocycles. The summed E-state index contributed by atoms with van der Waals surface area (Å²) in [5.74, 6) is -2.53. The van der Waals surface area contributed by atoms with E-state index in [9.17, 15) is 14.4 Å². The third kappa shape index (κ3) is 2.50. The molecule has 1 saturated heterocycles. The maximum atomic E-state index is 12.7. The highest BCUT2D eigenvalue weighted by Crippen LogP contribution is 2.36. The van der Waals surface area contributed by atoms with E-state index >= 15 is 0 Å². The van der Waals surface area contributed by atoms with Crippen LogP contribution in [0.4, 0.5) is 0 Å². The summed E-state index contributed by atoms with van der Waals surface area (Å²) in [6.07, 6.45) is 1.58. The molecule has 2 atom stereocenters. The topological polar surface area (TPSA) is 90.7 Å². The first-order valence-electron chi connectivity index (χ1n) is 8.44. The van der Waals surface area contributed by atoms with E-state index in [4.69, 9.17) is 9.57 Å². The van der Waals surface area contributed by atoms with Crippen LogP contribution in [0.25, 0.3) is 0 Å². The van der Waals surface area contributed by atoms with Gasteiger partial charge in [0.25, 0.3) is 11.8 Å². The van der Waals surface area contributed by atoms with Crippen molar-refractivity contribution < 1.29 is 24.0 Å². The Kier molecular flexibility index (Phi) is 4.04. The molecule has 0 saturated carbocycles. The first kappa shape index (κ1) is 16.5. The highest BCUT2D eigenvalue weighted by atomic mass is 16.7. The Labute approximate surface area is 149 Å². The Morgan fingerprint density at radius 1 is 1.23 bits per heavy atom. The standard InChI is InChI=1S/C18H17N3O5/c1-2-20-14(7-9-19-20)15-13(8-10-25-15)18(24)26-21-16(22)11-5-3-4-6-12(11)17(21)23/h3-7,9,13,15H,2,8,10H2,1H3/t13-,15-/m1/s1. The minimum absolute atomic E-state index is 0.230. The van der Waals surface area contributed by atoms with Gasteiger partial charge in [-0.25, -0.2) is 4.79 Å². The van der Waals surface area contributed by atoms with Crippen molar-refractivity contribution >= 4 is 17.8 Å². The maximum Gasteiger partial charge on any atom is 0.339 e. The van der Waals surface area contributed by atoms with E-state index in [2.05, 4.69) is 5.10 Å². The highest BCUT2D eigenvalue weighted by molar-refractivity contribution is 6.20. The molecule has 2 amide bonds. The third-order valence-electron chi connectivity index (χ3n) is 4.67. The van der Waals surface area contributed by atoms with Gasteiger partial charge in [0.2, 0.25) is 0 Å². The van der Waals surface area contributed by atoms with Crippen molar-refractivity contribution in [2.24, 2.45) is 5.92 Å². The van der Waals surface area contributed by atoms with Crippen molar-refractivity contribution in [2.45, 2.75) is 26.0 Å². The predicted molar refractivity (Wildman–Crippen MR) is 87.7 cm³/mol. The highest BCUT2D eigenvalue weighted by Gasteiger charge is 2.43. The molecule has 0 aliphatic carbocycles. The third-order valence-corrected chi connectivity index (χ3v) is 4.67. The molecule has 2 aliphatic heterocycles. The van der Waals surface area contributed by atoms with E-state index in [0.29, 0.717) is 24.6 Å². The summed E-state index contributed by atoms with van der Waals surface area (Å²) in [5, 5.41) is 4.73. The number of aryl methyl sites for hydroxylation is 1. The van der Waals surface area contributed by atoms with Crippen LogP contribution in [0.1, 0.15) is 45.9 Å². The second-order valence-electron chi connectivity index (χ2n) is 6.12. The monoisotopic (exact) mass is 355 g/mol. The number of ether oxygens (including phenoxy) is 1. The Morgan fingerprint density at radius 2 is 1.92 bits per heavy atom. The van der Waals surface area contributed by atoms with Gasteiger partial charge in [0.15, 0.2) is 0 Å². The molecule has 8 nitrogen and oxygen atoms in total. The molecule has 0 unspecified atom stereocenters. The van der Waals surface area contributed by atoms with Gasteiger partial charge in [-0.15, -0.1) is 0 Å². The summed E-state index contributed by atoms with van der Waals surface area (Å²) in [5.41, 5.74) is 1.23. The van der Waals surface area contributed by atoms with E-state index in [-0.39, 0.29) is 11.1 Å². The summed E-state index contributed by atoms with van der Waals surface area (Å²) >= 11 is 0. The molecule has 26 heavy (non-hydrogen) atoms. The Balaban J connectivity index is 1.54. The number of hydrogen-bond donors (Lipinski definition) is 0. The molecule has 0 radical (unpaired) electrons. The molecule has 0 N–H and O–H groups in total. The first-order chi connectivity index (χ1) is 12.6. The molecule has 2 aromatic rings. The van der Waals surface area contributed by atoms with Crippen LogP contribution in [0.5, 0.6) is 0 Å². The molecule has 0 spiro atoms. The quantitative estimate of drug-likeness (QED) is 0.776. The number of benzene rings is 1. The lowest BCUT2D eigenvalue weighted by Crippen LogP contribution is -2.36. The lowest BCUT2D eigenvalue weighted by Gasteiger charge is -2.20. The summed E-state index contributed by atoms with van der Waals surface area (Å²) in [6, 6.07) is 8.17. The van der Waals surface area contributed by atoms with Crippen LogP contribution in [0, 0.1) is 5.92 Å². The lowest BCUT2D eigenvalue weighted by molar-refractivity contribution is -0.175. The van der Waals surface area contributed by atoms with E-state index in [0.717, 1.165) is 5.69 Å². The van der Waals surface area contributed by atoms with Crippen LogP contribution in [-0.4, -0.2) is 39.2 Å². The van der Waals surface area contributed by atoms with Gasteiger partial charge in [0.1, 0.15) is 6.10 Å². The molecule has 1 aromatic heterocycles. The Bertz CT molecular complexity index is 855. The average molecular weight is 355 g/mol. The number of nitrogens with zero attached hydrogens (tertiary/aromatic N) is 3. The number of fused-ring (bicyclic) bond motifs is 1. The molecule has 1 fully saturated rings. The van der Waals surface area contributed by atoms with Gasteiger partial charge in [0.05, 0.1) is 22.7 Å². The average Bonchev–Trinajstić information content (AvgIpc) is 3.36. The van der Waals surface area contributed by atoms with Gasteiger partial charge < -0.3 is 9.57 Å². The largest absolute Gasteiger partial charge is 0.371 e. The van der Waals surface area contributed by atoms with Crippen molar-refractivity contribution in [1.29, 1.82) is 0 Å². The van der Waals surface area contributed by atoms with Gasteiger partial charge in [-0.1, -0.05) is 17.2 Å². The Morgan fingerprint density at radius 3 is 2.58 bits per heavy atom. The molecular formula is C18H17N3O5. The molecular weight excluding hydrogens is 338 g/mol. The fourth-order valence-corrected chi connectivity index (χ4v) is 3.38. The van der Waals surface area contributed by atoms with Gasteiger partial charge in [-0.2, -0.15) is 5.10 Å². The molecule has 2 aliphatic rings. The van der Waals surface area contributed by atoms with Gasteiger partial charge in [-0.05, 0) is 31.5 Å². The molecule has 0 bridgehead atoms. The van der Waals surface area contributed by atoms with Crippen molar-refractivity contribution in [2.75, 3.05) is 6.61 Å². The van der Waals surface area contributed by atoms with Crippen LogP contribution in [0.2, 0.25) is 0 Å². The Hall–Kier alpha value is -3.00. The van der Waals surface area contributed by atoms with E-state index in [1.165, 1.54) is 12.1 Å². The summed E-state index contributed by atoms with van der Waals surface area (Å²) < 4.78 is 7.45. The van der Waals surface area contributed by atoms with Gasteiger partial charge >= 0.3 is 5.97 Å². The maximum absolute atomic E-state index is 12.7. The van der Waals surface area contributed by atoms with E-state index in [1.54, 1.807) is 29.1 Å². The number of hydroxylamine groups is 2. The van der Waals surface area contributed by atoms with E-state index < -0.39 is 29.8 Å². The van der Waals surface area contributed by atoms with Gasteiger partial charge in [0, 0.05) is 19.3 Å². The van der Waals surface area contributed by atoms with Crippen molar-refractivity contribution in [1.82, 2.24) is 14.8 Å². The van der Waals surface area contributed by atoms with Crippen molar-refractivity contribution in [3.63, 3.8) is 0 Å². The van der Waals surface area contributed by atoms with Crippen LogP contribution in [0.15, 0.2) is 36.5 Å². The number of rotatable bonds is 4. The zero-order chi connectivity index (χ0) is 18.3. The van der Waals surface area contributed by atoms with Gasteiger partial charge in [-0.3, -0.25) is 14.3 Å². The molecule has 4 rings (SSSR count). The zero-order valence-electron chi connectivity index (χ0n) is 14.1. The lowest BCUT2D eigenvalue weighted by atomic mass is 9.99. The first-order valence-corrected chi connectivity index (χ1v) is 8.44. The van der Waals surface area contributed by atoms with E-state index in [1.807, 2.05) is 6.92 Å².